The molecular weight excluding hydrogens is 352 g/mol. The van der Waals surface area contributed by atoms with Crippen LogP contribution in [-0.2, 0) is 0 Å². The second-order valence-corrected chi connectivity index (χ2v) is 6.90. The number of carbonyl (C=O) groups is 1. The molecule has 2 aromatic rings. The minimum absolute atomic E-state index is 0.163. The van der Waals surface area contributed by atoms with Gasteiger partial charge in [-0.05, 0) is 38.0 Å². The Labute approximate surface area is 158 Å². The Kier molecular flexibility index (Phi) is 5.93. The van der Waals surface area contributed by atoms with Gasteiger partial charge in [0.2, 0.25) is 0 Å². The molecule has 0 unspecified atom stereocenters. The molecule has 1 heterocycles. The van der Waals surface area contributed by atoms with Gasteiger partial charge in [0.15, 0.2) is 0 Å². The van der Waals surface area contributed by atoms with E-state index in [1.807, 2.05) is 0 Å². The molecule has 26 heavy (non-hydrogen) atoms. The van der Waals surface area contributed by atoms with Crippen LogP contribution in [0.1, 0.15) is 48.4 Å². The fourth-order valence-electron chi connectivity index (χ4n) is 3.17. The average molecular weight is 375 g/mol. The molecule has 7 heteroatoms. The number of carbonyl (C=O) groups excluding carboxylic acids is 1. The van der Waals surface area contributed by atoms with E-state index in [0.29, 0.717) is 33.8 Å². The van der Waals surface area contributed by atoms with E-state index in [1.54, 1.807) is 38.3 Å². The molecule has 2 N–H and O–H groups in total. The zero-order valence-corrected chi connectivity index (χ0v) is 15.8. The van der Waals surface area contributed by atoms with Gasteiger partial charge in [-0.3, -0.25) is 4.79 Å². The highest BCUT2D eigenvalue weighted by atomic mass is 35.5. The summed E-state index contributed by atoms with van der Waals surface area (Å²) in [6, 6.07) is 7.15. The van der Waals surface area contributed by atoms with Crippen LogP contribution >= 0.6 is 11.6 Å². The quantitative estimate of drug-likeness (QED) is 0.818. The number of anilines is 2. The smallest absolute Gasteiger partial charge is 0.270 e. The van der Waals surface area contributed by atoms with E-state index >= 15 is 0 Å². The van der Waals surface area contributed by atoms with Crippen molar-refractivity contribution in [2.75, 3.05) is 12.4 Å². The summed E-state index contributed by atoms with van der Waals surface area (Å²) in [5.41, 5.74) is 1.03. The van der Waals surface area contributed by atoms with Crippen LogP contribution in [0.15, 0.2) is 24.3 Å². The van der Waals surface area contributed by atoms with E-state index in [-0.39, 0.29) is 11.9 Å². The first-order chi connectivity index (χ1) is 12.5. The third-order valence-corrected chi connectivity index (χ3v) is 4.67. The van der Waals surface area contributed by atoms with Crippen molar-refractivity contribution in [3.8, 4) is 5.75 Å². The lowest BCUT2D eigenvalue weighted by molar-refractivity contribution is 0.0922. The van der Waals surface area contributed by atoms with Crippen molar-refractivity contribution in [3.63, 3.8) is 0 Å². The van der Waals surface area contributed by atoms with Crippen LogP contribution in [0.4, 0.5) is 11.5 Å². The molecule has 3 rings (SSSR count). The normalized spacial score (nSPS) is 14.7. The maximum atomic E-state index is 12.6. The van der Waals surface area contributed by atoms with Crippen LogP contribution in [0.3, 0.4) is 0 Å². The summed E-state index contributed by atoms with van der Waals surface area (Å²) in [5, 5.41) is 6.82. The molecular formula is C19H23ClN4O2. The minimum Gasteiger partial charge on any atom is -0.495 e. The van der Waals surface area contributed by atoms with Crippen molar-refractivity contribution in [2.24, 2.45) is 0 Å². The number of aryl methyl sites for hydroxylation is 1. The Bertz CT molecular complexity index is 791. The van der Waals surface area contributed by atoms with E-state index < -0.39 is 0 Å². The van der Waals surface area contributed by atoms with E-state index in [9.17, 15) is 4.79 Å². The van der Waals surface area contributed by atoms with Gasteiger partial charge in [0.05, 0.1) is 12.8 Å². The number of hydrogen-bond donors (Lipinski definition) is 2. The molecule has 0 radical (unpaired) electrons. The predicted molar refractivity (Wildman–Crippen MR) is 102 cm³/mol. The van der Waals surface area contributed by atoms with Gasteiger partial charge >= 0.3 is 0 Å². The van der Waals surface area contributed by atoms with Gasteiger partial charge in [-0.1, -0.05) is 30.9 Å². The van der Waals surface area contributed by atoms with Gasteiger partial charge in [0, 0.05) is 17.1 Å². The third-order valence-electron chi connectivity index (χ3n) is 4.44. The summed E-state index contributed by atoms with van der Waals surface area (Å²) in [5.74, 6) is 1.51. The van der Waals surface area contributed by atoms with E-state index in [0.717, 1.165) is 25.7 Å². The van der Waals surface area contributed by atoms with Crippen molar-refractivity contribution < 1.29 is 9.53 Å². The molecule has 1 aliphatic rings. The summed E-state index contributed by atoms with van der Waals surface area (Å²) >= 11 is 6.07. The summed E-state index contributed by atoms with van der Waals surface area (Å²) in [4.78, 5) is 21.2. The van der Waals surface area contributed by atoms with Gasteiger partial charge in [0.1, 0.15) is 23.1 Å². The molecule has 6 nitrogen and oxygen atoms in total. The Morgan fingerprint density at radius 2 is 1.96 bits per heavy atom. The lowest BCUT2D eigenvalue weighted by Gasteiger charge is -2.22. The molecule has 0 spiro atoms. The molecule has 1 amide bonds. The molecule has 1 saturated carbocycles. The monoisotopic (exact) mass is 374 g/mol. The number of aromatic nitrogens is 2. The first-order valence-corrected chi connectivity index (χ1v) is 9.20. The predicted octanol–water partition coefficient (Wildman–Crippen LogP) is 4.25. The van der Waals surface area contributed by atoms with Crippen LogP contribution in [0.25, 0.3) is 0 Å². The first-order valence-electron chi connectivity index (χ1n) is 8.82. The molecule has 0 aliphatic heterocycles. The topological polar surface area (TPSA) is 76.1 Å². The highest BCUT2D eigenvalue weighted by Crippen LogP contribution is 2.30. The Morgan fingerprint density at radius 1 is 1.19 bits per heavy atom. The fraction of sp³-hybridized carbons (Fsp3) is 0.421. The summed E-state index contributed by atoms with van der Waals surface area (Å²) in [6.07, 6.45) is 5.63. The van der Waals surface area contributed by atoms with Gasteiger partial charge in [-0.15, -0.1) is 0 Å². The highest BCUT2D eigenvalue weighted by molar-refractivity contribution is 6.31. The summed E-state index contributed by atoms with van der Waals surface area (Å²) in [6.45, 7) is 1.76. The number of amides is 1. The van der Waals surface area contributed by atoms with Gasteiger partial charge < -0.3 is 15.4 Å². The number of rotatable bonds is 5. The fourth-order valence-corrected chi connectivity index (χ4v) is 3.34. The Hall–Kier alpha value is -2.34. The number of nitrogens with one attached hydrogen (secondary N) is 2. The largest absolute Gasteiger partial charge is 0.495 e. The minimum atomic E-state index is -0.163. The second-order valence-electron chi connectivity index (χ2n) is 6.46. The maximum Gasteiger partial charge on any atom is 0.270 e. The van der Waals surface area contributed by atoms with Crippen LogP contribution in [0, 0.1) is 6.92 Å². The van der Waals surface area contributed by atoms with Crippen molar-refractivity contribution >= 4 is 29.0 Å². The molecule has 1 aliphatic carbocycles. The molecule has 0 saturated heterocycles. The van der Waals surface area contributed by atoms with Gasteiger partial charge in [-0.2, -0.15) is 0 Å². The Balaban J connectivity index is 1.79. The first kappa shape index (κ1) is 18.5. The van der Waals surface area contributed by atoms with Crippen molar-refractivity contribution in [1.82, 2.24) is 15.3 Å². The number of nitrogens with zero attached hydrogens (tertiary/aromatic N) is 2. The molecule has 1 fully saturated rings. The molecule has 0 bridgehead atoms. The third kappa shape index (κ3) is 4.64. The standard InChI is InChI=1S/C19H23ClN4O2/c1-12-21-16(19(25)23-14-6-4-3-5-7-14)11-18(22-12)24-15-10-13(20)8-9-17(15)26-2/h8-11,14H,3-7H2,1-2H3,(H,23,25)(H,21,22,24). The Morgan fingerprint density at radius 3 is 2.69 bits per heavy atom. The van der Waals surface area contributed by atoms with E-state index in [1.165, 1.54) is 6.42 Å². The van der Waals surface area contributed by atoms with Crippen molar-refractivity contribution in [2.45, 2.75) is 45.1 Å². The second kappa shape index (κ2) is 8.36. The van der Waals surface area contributed by atoms with Gasteiger partial charge in [-0.25, -0.2) is 9.97 Å². The van der Waals surface area contributed by atoms with E-state index in [2.05, 4.69) is 20.6 Å². The zero-order chi connectivity index (χ0) is 18.5. The van der Waals surface area contributed by atoms with Crippen LogP contribution in [0.5, 0.6) is 5.75 Å². The lowest BCUT2D eigenvalue weighted by Crippen LogP contribution is -2.36. The zero-order valence-electron chi connectivity index (χ0n) is 15.0. The van der Waals surface area contributed by atoms with E-state index in [4.69, 9.17) is 16.3 Å². The van der Waals surface area contributed by atoms with Crippen LogP contribution in [0.2, 0.25) is 5.02 Å². The molecule has 138 valence electrons. The van der Waals surface area contributed by atoms with Crippen LogP contribution < -0.4 is 15.4 Å². The number of halogens is 1. The number of hydrogen-bond acceptors (Lipinski definition) is 5. The highest BCUT2D eigenvalue weighted by Gasteiger charge is 2.18. The summed E-state index contributed by atoms with van der Waals surface area (Å²) in [7, 11) is 1.59. The molecule has 1 aromatic carbocycles. The summed E-state index contributed by atoms with van der Waals surface area (Å²) < 4.78 is 5.34. The SMILES string of the molecule is COc1ccc(Cl)cc1Nc1cc(C(=O)NC2CCCCC2)nc(C)n1. The number of ether oxygens (including phenoxy) is 1. The van der Waals surface area contributed by atoms with Crippen LogP contribution in [-0.4, -0.2) is 29.0 Å². The van der Waals surface area contributed by atoms with Gasteiger partial charge in [0.25, 0.3) is 5.91 Å². The van der Waals surface area contributed by atoms with Crippen molar-refractivity contribution in [1.29, 1.82) is 0 Å². The average Bonchev–Trinajstić information content (AvgIpc) is 2.62. The number of benzene rings is 1. The van der Waals surface area contributed by atoms with Crippen molar-refractivity contribution in [3.05, 3.63) is 40.8 Å². The maximum absolute atomic E-state index is 12.6. The number of methoxy groups -OCH3 is 1. The molecule has 0 atom stereocenters. The lowest BCUT2D eigenvalue weighted by atomic mass is 9.95. The molecule has 1 aromatic heterocycles.